The van der Waals surface area contributed by atoms with E-state index in [1.54, 1.807) is 13.8 Å². The van der Waals surface area contributed by atoms with E-state index < -0.39 is 23.1 Å². The van der Waals surface area contributed by atoms with Crippen molar-refractivity contribution in [1.82, 2.24) is 14.5 Å². The molecule has 0 spiro atoms. The predicted molar refractivity (Wildman–Crippen MR) is 100.0 cm³/mol. The lowest BCUT2D eigenvalue weighted by Gasteiger charge is -2.28. The lowest BCUT2D eigenvalue weighted by Crippen LogP contribution is -2.45. The van der Waals surface area contributed by atoms with Crippen LogP contribution < -0.4 is 21.7 Å². The van der Waals surface area contributed by atoms with Crippen molar-refractivity contribution in [1.29, 1.82) is 0 Å². The number of H-pyrrole nitrogens is 2. The van der Waals surface area contributed by atoms with Crippen molar-refractivity contribution in [3.63, 3.8) is 0 Å². The number of benzene rings is 1. The Labute approximate surface area is 164 Å². The fourth-order valence-electron chi connectivity index (χ4n) is 3.29. The molecule has 1 heterocycles. The van der Waals surface area contributed by atoms with Crippen LogP contribution in [-0.2, 0) is 6.54 Å². The molecule has 0 atom stereocenters. The zero-order valence-electron chi connectivity index (χ0n) is 16.2. The first kappa shape index (κ1) is 20.9. The third-order valence-corrected chi connectivity index (χ3v) is 4.74. The molecule has 29 heavy (non-hydrogen) atoms. The zero-order valence-corrected chi connectivity index (χ0v) is 16.2. The summed E-state index contributed by atoms with van der Waals surface area (Å²) in [5.74, 6) is -3.40. The Morgan fingerprint density at radius 1 is 1.24 bits per heavy atom. The van der Waals surface area contributed by atoms with Crippen LogP contribution in [0.4, 0.5) is 18.9 Å². The maximum Gasteiger partial charge on any atom is 0.332 e. The minimum absolute atomic E-state index is 0.0642. The summed E-state index contributed by atoms with van der Waals surface area (Å²) < 4.78 is 47.5. The largest absolute Gasteiger partial charge is 0.488 e. The average Bonchev–Trinajstić information content (AvgIpc) is 2.61. The Bertz CT molecular complexity index is 1050. The van der Waals surface area contributed by atoms with Crippen LogP contribution in [0.5, 0.6) is 5.75 Å². The van der Waals surface area contributed by atoms with Gasteiger partial charge in [-0.25, -0.2) is 27.8 Å². The van der Waals surface area contributed by atoms with Gasteiger partial charge in [0.25, 0.3) is 0 Å². The molecule has 0 bridgehead atoms. The van der Waals surface area contributed by atoms with Crippen LogP contribution in [-0.4, -0.2) is 26.6 Å². The first-order valence-corrected chi connectivity index (χ1v) is 9.45. The van der Waals surface area contributed by atoms with Gasteiger partial charge in [0.1, 0.15) is 0 Å². The summed E-state index contributed by atoms with van der Waals surface area (Å²) in [6.45, 7) is 3.66. The van der Waals surface area contributed by atoms with Crippen molar-refractivity contribution in [2.45, 2.75) is 58.1 Å². The van der Waals surface area contributed by atoms with Crippen molar-refractivity contribution >= 4 is 5.69 Å². The molecule has 7 nitrogen and oxygen atoms in total. The first-order valence-electron chi connectivity index (χ1n) is 9.45. The molecule has 0 amide bonds. The van der Waals surface area contributed by atoms with Crippen molar-refractivity contribution in [2.75, 3.05) is 0 Å². The van der Waals surface area contributed by atoms with Gasteiger partial charge in [0.2, 0.25) is 11.5 Å². The highest BCUT2D eigenvalue weighted by Crippen LogP contribution is 2.36. The Balaban J connectivity index is 1.94. The van der Waals surface area contributed by atoms with Crippen LogP contribution in [0.3, 0.4) is 0 Å². The lowest BCUT2D eigenvalue weighted by atomic mass is 9.87. The number of hydrogen-bond acceptors (Lipinski definition) is 4. The molecular formula is C19H23F3N4O3. The SMILES string of the molecule is CC(C)Oc1ccc(/N=c2\[nH]c(=O)[nH]c(=O)n2CC2CCC(F)(F)CC2)cc1F. The number of aromatic nitrogens is 3. The van der Waals surface area contributed by atoms with E-state index in [0.29, 0.717) is 0 Å². The van der Waals surface area contributed by atoms with Crippen LogP contribution in [0, 0.1) is 11.7 Å². The van der Waals surface area contributed by atoms with Gasteiger partial charge >= 0.3 is 11.4 Å². The minimum atomic E-state index is -2.68. The quantitative estimate of drug-likeness (QED) is 0.791. The second-order valence-electron chi connectivity index (χ2n) is 7.51. The van der Waals surface area contributed by atoms with Gasteiger partial charge in [-0.2, -0.15) is 0 Å². The molecule has 1 aromatic carbocycles. The summed E-state index contributed by atoms with van der Waals surface area (Å²) in [6, 6.07) is 4.03. The number of alkyl halides is 2. The number of ether oxygens (including phenoxy) is 1. The fourth-order valence-corrected chi connectivity index (χ4v) is 3.29. The molecule has 1 fully saturated rings. The number of aromatic amines is 2. The predicted octanol–water partition coefficient (Wildman–Crippen LogP) is 2.85. The van der Waals surface area contributed by atoms with Crippen molar-refractivity contribution in [2.24, 2.45) is 10.9 Å². The number of nitrogens with one attached hydrogen (secondary N) is 2. The Morgan fingerprint density at radius 3 is 2.55 bits per heavy atom. The van der Waals surface area contributed by atoms with E-state index in [9.17, 15) is 22.8 Å². The molecule has 0 saturated heterocycles. The van der Waals surface area contributed by atoms with Gasteiger partial charge in [-0.1, -0.05) is 0 Å². The number of rotatable bonds is 5. The maximum absolute atomic E-state index is 14.2. The van der Waals surface area contributed by atoms with Crippen LogP contribution >= 0.6 is 0 Å². The first-order chi connectivity index (χ1) is 13.6. The number of hydrogen-bond donors (Lipinski definition) is 2. The molecule has 1 aliphatic carbocycles. The van der Waals surface area contributed by atoms with E-state index >= 15 is 0 Å². The van der Waals surface area contributed by atoms with Gasteiger partial charge in [-0.3, -0.25) is 14.5 Å². The van der Waals surface area contributed by atoms with E-state index in [1.165, 1.54) is 16.7 Å². The van der Waals surface area contributed by atoms with Gasteiger partial charge in [-0.15, -0.1) is 0 Å². The van der Waals surface area contributed by atoms with Crippen LogP contribution in [0.15, 0.2) is 32.8 Å². The summed E-state index contributed by atoms with van der Waals surface area (Å²) in [7, 11) is 0. The summed E-state index contributed by atoms with van der Waals surface area (Å²) in [5.41, 5.74) is -1.37. The third kappa shape index (κ3) is 5.39. The van der Waals surface area contributed by atoms with Gasteiger partial charge in [0.15, 0.2) is 11.6 Å². The highest BCUT2D eigenvalue weighted by molar-refractivity contribution is 5.42. The van der Waals surface area contributed by atoms with E-state index in [-0.39, 0.29) is 61.3 Å². The molecule has 2 aromatic rings. The minimum Gasteiger partial charge on any atom is -0.488 e. The standard InChI is InChI=1S/C19H23F3N4O3/c1-11(2)29-15-4-3-13(9-14(15)20)23-16-24-17(27)25-18(28)26(16)10-12-5-7-19(21,22)8-6-12/h3-4,9,11-12H,5-8,10H2,1-2H3,(H2,23,24,25,27,28). The third-order valence-electron chi connectivity index (χ3n) is 4.74. The second kappa shape index (κ2) is 8.30. The van der Waals surface area contributed by atoms with E-state index in [1.807, 2.05) is 0 Å². The second-order valence-corrected chi connectivity index (χ2v) is 7.51. The zero-order chi connectivity index (χ0) is 21.2. The molecule has 1 saturated carbocycles. The van der Waals surface area contributed by atoms with Crippen LogP contribution in [0.2, 0.25) is 0 Å². The molecule has 10 heteroatoms. The normalized spacial score (nSPS) is 17.7. The topological polar surface area (TPSA) is 92.2 Å². The molecule has 2 N–H and O–H groups in total. The Kier molecular flexibility index (Phi) is 5.99. The molecular weight excluding hydrogens is 389 g/mol. The molecule has 1 aliphatic rings. The van der Waals surface area contributed by atoms with E-state index in [4.69, 9.17) is 4.74 Å². The van der Waals surface area contributed by atoms with Crippen molar-refractivity contribution in [3.8, 4) is 5.75 Å². The molecule has 0 unspecified atom stereocenters. The molecule has 0 radical (unpaired) electrons. The monoisotopic (exact) mass is 412 g/mol. The summed E-state index contributed by atoms with van der Waals surface area (Å²) in [6.07, 6.45) is -0.175. The number of halogens is 3. The highest BCUT2D eigenvalue weighted by Gasteiger charge is 2.35. The van der Waals surface area contributed by atoms with Crippen molar-refractivity contribution < 1.29 is 17.9 Å². The highest BCUT2D eigenvalue weighted by atomic mass is 19.3. The van der Waals surface area contributed by atoms with Gasteiger partial charge < -0.3 is 4.74 Å². The van der Waals surface area contributed by atoms with Gasteiger partial charge in [0, 0.05) is 25.5 Å². The molecule has 158 valence electrons. The van der Waals surface area contributed by atoms with Crippen molar-refractivity contribution in [3.05, 3.63) is 50.6 Å². The molecule has 1 aromatic heterocycles. The molecule has 3 rings (SSSR count). The summed E-state index contributed by atoms with van der Waals surface area (Å²) >= 11 is 0. The van der Waals surface area contributed by atoms with Gasteiger partial charge in [0.05, 0.1) is 11.8 Å². The fraction of sp³-hybridized carbons (Fsp3) is 0.526. The smallest absolute Gasteiger partial charge is 0.332 e. The van der Waals surface area contributed by atoms with Gasteiger partial charge in [-0.05, 0) is 44.7 Å². The van der Waals surface area contributed by atoms with E-state index in [2.05, 4.69) is 15.0 Å². The Morgan fingerprint density at radius 2 is 1.93 bits per heavy atom. The van der Waals surface area contributed by atoms with E-state index in [0.717, 1.165) is 6.07 Å². The molecule has 0 aliphatic heterocycles. The summed E-state index contributed by atoms with van der Waals surface area (Å²) in [4.78, 5) is 32.7. The van der Waals surface area contributed by atoms with Crippen LogP contribution in [0.1, 0.15) is 39.5 Å². The maximum atomic E-state index is 14.2. The Hall–Kier alpha value is -2.78. The lowest BCUT2D eigenvalue weighted by molar-refractivity contribution is -0.0475. The average molecular weight is 412 g/mol. The number of nitrogens with zero attached hydrogens (tertiary/aromatic N) is 2. The van der Waals surface area contributed by atoms with Crippen LogP contribution in [0.25, 0.3) is 0 Å². The summed E-state index contributed by atoms with van der Waals surface area (Å²) in [5, 5.41) is 0.